The first-order valence-electron chi connectivity index (χ1n) is 7.33. The lowest BCUT2D eigenvalue weighted by atomic mass is 10.2. The smallest absolute Gasteiger partial charge is 0.258 e. The summed E-state index contributed by atoms with van der Waals surface area (Å²) < 4.78 is 13.1. The molecule has 0 aliphatic rings. The van der Waals surface area contributed by atoms with E-state index in [0.29, 0.717) is 18.2 Å². The molecule has 2 heterocycles. The topological polar surface area (TPSA) is 79.8 Å². The second kappa shape index (κ2) is 7.67. The van der Waals surface area contributed by atoms with Crippen LogP contribution >= 0.6 is 11.6 Å². The molecule has 3 aromatic rings. The lowest BCUT2D eigenvalue weighted by Crippen LogP contribution is -2.13. The van der Waals surface area contributed by atoms with E-state index in [9.17, 15) is 9.18 Å². The zero-order valence-electron chi connectivity index (χ0n) is 12.9. The zero-order chi connectivity index (χ0) is 17.6. The molecule has 0 radical (unpaired) electrons. The molecule has 1 amide bonds. The van der Waals surface area contributed by atoms with Crippen molar-refractivity contribution in [2.75, 3.05) is 10.6 Å². The van der Waals surface area contributed by atoms with Crippen LogP contribution in [0.15, 0.2) is 55.1 Å². The molecule has 0 saturated heterocycles. The van der Waals surface area contributed by atoms with Gasteiger partial charge in [-0.25, -0.2) is 14.4 Å². The van der Waals surface area contributed by atoms with Crippen LogP contribution in [0.2, 0.25) is 5.02 Å². The van der Waals surface area contributed by atoms with Gasteiger partial charge >= 0.3 is 0 Å². The Hall–Kier alpha value is -3.06. The minimum Gasteiger partial charge on any atom is -0.350 e. The number of benzene rings is 1. The van der Waals surface area contributed by atoms with Gasteiger partial charge in [0, 0.05) is 37.0 Å². The molecular formula is C17H13ClFN5O. The van der Waals surface area contributed by atoms with E-state index in [1.807, 2.05) is 12.1 Å². The van der Waals surface area contributed by atoms with Crippen molar-refractivity contribution < 1.29 is 9.18 Å². The molecule has 1 aromatic carbocycles. The number of carbonyl (C=O) groups excluding carboxylic acids is 1. The van der Waals surface area contributed by atoms with Crippen molar-refractivity contribution in [2.45, 2.75) is 6.54 Å². The van der Waals surface area contributed by atoms with Crippen molar-refractivity contribution in [1.29, 1.82) is 0 Å². The number of amides is 1. The minimum atomic E-state index is -0.548. The highest BCUT2D eigenvalue weighted by atomic mass is 35.5. The number of rotatable bonds is 5. The highest BCUT2D eigenvalue weighted by Gasteiger charge is 2.09. The SMILES string of the molecule is O=C(Nc1ccc(F)c(Cl)c1)c1cnc(NCc2ccncc2)nc1. The summed E-state index contributed by atoms with van der Waals surface area (Å²) in [5.74, 6) is -0.561. The van der Waals surface area contributed by atoms with Gasteiger partial charge in [0.2, 0.25) is 5.95 Å². The van der Waals surface area contributed by atoms with Crippen LogP contribution in [0.1, 0.15) is 15.9 Å². The van der Waals surface area contributed by atoms with Gasteiger partial charge in [-0.15, -0.1) is 0 Å². The fourth-order valence-corrected chi connectivity index (χ4v) is 2.18. The van der Waals surface area contributed by atoms with E-state index >= 15 is 0 Å². The number of nitrogens with zero attached hydrogens (tertiary/aromatic N) is 3. The summed E-state index contributed by atoms with van der Waals surface area (Å²) in [5, 5.41) is 5.59. The van der Waals surface area contributed by atoms with Gasteiger partial charge in [-0.2, -0.15) is 0 Å². The largest absolute Gasteiger partial charge is 0.350 e. The molecule has 0 saturated carbocycles. The van der Waals surface area contributed by atoms with E-state index in [1.165, 1.54) is 30.6 Å². The second-order valence-corrected chi connectivity index (χ2v) is 5.49. The first-order valence-corrected chi connectivity index (χ1v) is 7.71. The Morgan fingerprint density at radius 1 is 1.12 bits per heavy atom. The van der Waals surface area contributed by atoms with E-state index in [-0.39, 0.29) is 10.6 Å². The van der Waals surface area contributed by atoms with Crippen LogP contribution in [0.5, 0.6) is 0 Å². The summed E-state index contributed by atoms with van der Waals surface area (Å²) in [4.78, 5) is 24.3. The number of carbonyl (C=O) groups is 1. The number of nitrogens with one attached hydrogen (secondary N) is 2. The van der Waals surface area contributed by atoms with Crippen LogP contribution in [0.4, 0.5) is 16.0 Å². The summed E-state index contributed by atoms with van der Waals surface area (Å²) >= 11 is 5.69. The quantitative estimate of drug-likeness (QED) is 0.730. The molecule has 126 valence electrons. The van der Waals surface area contributed by atoms with Crippen molar-refractivity contribution in [3.63, 3.8) is 0 Å². The highest BCUT2D eigenvalue weighted by Crippen LogP contribution is 2.19. The summed E-state index contributed by atoms with van der Waals surface area (Å²) in [6.07, 6.45) is 6.21. The van der Waals surface area contributed by atoms with Gasteiger partial charge < -0.3 is 10.6 Å². The standard InChI is InChI=1S/C17H13ClFN5O/c18-14-7-13(1-2-15(14)19)24-16(25)12-9-22-17(23-10-12)21-8-11-3-5-20-6-4-11/h1-7,9-10H,8H2,(H,24,25)(H,21,22,23). The molecule has 0 bridgehead atoms. The van der Waals surface area contributed by atoms with Gasteiger partial charge in [-0.05, 0) is 35.9 Å². The van der Waals surface area contributed by atoms with Crippen LogP contribution in [-0.4, -0.2) is 20.9 Å². The van der Waals surface area contributed by atoms with Crippen molar-refractivity contribution >= 4 is 29.1 Å². The molecule has 2 aromatic heterocycles. The molecule has 0 fully saturated rings. The molecule has 3 rings (SSSR count). The fraction of sp³-hybridized carbons (Fsp3) is 0.0588. The summed E-state index contributed by atoms with van der Waals surface area (Å²) in [6, 6.07) is 7.69. The lowest BCUT2D eigenvalue weighted by molar-refractivity contribution is 0.102. The first-order chi connectivity index (χ1) is 12.1. The predicted molar refractivity (Wildman–Crippen MR) is 93.0 cm³/mol. The van der Waals surface area contributed by atoms with Gasteiger partial charge in [0.25, 0.3) is 5.91 Å². The van der Waals surface area contributed by atoms with E-state index < -0.39 is 11.7 Å². The molecule has 0 spiro atoms. The average Bonchev–Trinajstić information content (AvgIpc) is 2.64. The van der Waals surface area contributed by atoms with Crippen LogP contribution in [-0.2, 0) is 6.54 Å². The van der Waals surface area contributed by atoms with Crippen LogP contribution in [0.3, 0.4) is 0 Å². The molecule has 0 aliphatic heterocycles. The number of anilines is 2. The third-order valence-corrected chi connectivity index (χ3v) is 3.58. The van der Waals surface area contributed by atoms with Gasteiger partial charge in [0.15, 0.2) is 0 Å². The van der Waals surface area contributed by atoms with Gasteiger partial charge in [0.1, 0.15) is 5.82 Å². The maximum absolute atomic E-state index is 13.1. The monoisotopic (exact) mass is 357 g/mol. The number of aromatic nitrogens is 3. The summed E-state index contributed by atoms with van der Waals surface area (Å²) in [6.45, 7) is 0.544. The van der Waals surface area contributed by atoms with Crippen LogP contribution in [0, 0.1) is 5.82 Å². The molecule has 0 atom stereocenters. The van der Waals surface area contributed by atoms with Crippen molar-refractivity contribution in [3.05, 3.63) is 77.1 Å². The zero-order valence-corrected chi connectivity index (χ0v) is 13.7. The van der Waals surface area contributed by atoms with Gasteiger partial charge in [-0.1, -0.05) is 11.6 Å². The molecule has 25 heavy (non-hydrogen) atoms. The minimum absolute atomic E-state index is 0.0651. The van der Waals surface area contributed by atoms with Gasteiger partial charge in [-0.3, -0.25) is 9.78 Å². The molecular weight excluding hydrogens is 345 g/mol. The Labute approximate surface area is 148 Å². The van der Waals surface area contributed by atoms with E-state index in [2.05, 4.69) is 25.6 Å². The lowest BCUT2D eigenvalue weighted by Gasteiger charge is -2.07. The highest BCUT2D eigenvalue weighted by molar-refractivity contribution is 6.31. The van der Waals surface area contributed by atoms with E-state index in [4.69, 9.17) is 11.6 Å². The molecule has 0 aliphatic carbocycles. The Kier molecular flexibility index (Phi) is 5.15. The average molecular weight is 358 g/mol. The maximum Gasteiger partial charge on any atom is 0.258 e. The van der Waals surface area contributed by atoms with Crippen molar-refractivity contribution in [3.8, 4) is 0 Å². The molecule has 0 unspecified atom stereocenters. The van der Waals surface area contributed by atoms with Crippen molar-refractivity contribution in [1.82, 2.24) is 15.0 Å². The van der Waals surface area contributed by atoms with E-state index in [0.717, 1.165) is 5.56 Å². The fourth-order valence-electron chi connectivity index (χ4n) is 2.00. The van der Waals surface area contributed by atoms with Gasteiger partial charge in [0.05, 0.1) is 10.6 Å². The Morgan fingerprint density at radius 3 is 2.52 bits per heavy atom. The number of halogens is 2. The summed E-state index contributed by atoms with van der Waals surface area (Å²) in [7, 11) is 0. The number of hydrogen-bond acceptors (Lipinski definition) is 5. The predicted octanol–water partition coefficient (Wildman–Crippen LogP) is 3.53. The van der Waals surface area contributed by atoms with E-state index in [1.54, 1.807) is 12.4 Å². The maximum atomic E-state index is 13.1. The molecule has 6 nitrogen and oxygen atoms in total. The normalized spacial score (nSPS) is 10.3. The Balaban J connectivity index is 1.61. The van der Waals surface area contributed by atoms with Crippen LogP contribution in [0.25, 0.3) is 0 Å². The Morgan fingerprint density at radius 2 is 1.84 bits per heavy atom. The first kappa shape index (κ1) is 16.8. The third kappa shape index (κ3) is 4.48. The third-order valence-electron chi connectivity index (χ3n) is 3.29. The van der Waals surface area contributed by atoms with Crippen LogP contribution < -0.4 is 10.6 Å². The molecule has 8 heteroatoms. The second-order valence-electron chi connectivity index (χ2n) is 5.09. The van der Waals surface area contributed by atoms with Crippen molar-refractivity contribution in [2.24, 2.45) is 0 Å². The Bertz CT molecular complexity index is 874. The molecule has 2 N–H and O–H groups in total. The summed E-state index contributed by atoms with van der Waals surface area (Å²) in [5.41, 5.74) is 1.69. The number of pyridine rings is 1. The number of hydrogen-bond donors (Lipinski definition) is 2.